The molecule has 1 amide bonds. The van der Waals surface area contributed by atoms with Gasteiger partial charge in [-0.2, -0.15) is 0 Å². The first-order chi connectivity index (χ1) is 16.2. The van der Waals surface area contributed by atoms with E-state index in [9.17, 15) is 9.59 Å². The van der Waals surface area contributed by atoms with E-state index in [0.29, 0.717) is 24.5 Å². The Hall–Kier alpha value is -3.64. The summed E-state index contributed by atoms with van der Waals surface area (Å²) >= 11 is 0. The van der Waals surface area contributed by atoms with Crippen LogP contribution in [0.1, 0.15) is 21.5 Å². The third kappa shape index (κ3) is 4.61. The van der Waals surface area contributed by atoms with Crippen molar-refractivity contribution in [3.63, 3.8) is 0 Å². The molecule has 0 radical (unpaired) electrons. The molecule has 168 valence electrons. The van der Waals surface area contributed by atoms with E-state index in [1.165, 1.54) is 5.56 Å². The molecule has 0 spiro atoms. The molecule has 0 aliphatic carbocycles. The highest BCUT2D eigenvalue weighted by Crippen LogP contribution is 2.35. The van der Waals surface area contributed by atoms with Gasteiger partial charge in [0.15, 0.2) is 12.0 Å². The van der Waals surface area contributed by atoms with Crippen LogP contribution in [-0.2, 0) is 17.8 Å². The van der Waals surface area contributed by atoms with Crippen LogP contribution in [0, 0.1) is 5.92 Å². The molecule has 0 N–H and O–H groups in total. The summed E-state index contributed by atoms with van der Waals surface area (Å²) < 4.78 is 11.8. The fraction of sp³-hybridized carbons (Fsp3) is 0.259. The maximum atomic E-state index is 13.3. The van der Waals surface area contributed by atoms with Gasteiger partial charge < -0.3 is 9.47 Å². The largest absolute Gasteiger partial charge is 0.469 e. The van der Waals surface area contributed by atoms with Crippen molar-refractivity contribution in [2.24, 2.45) is 5.92 Å². The minimum Gasteiger partial charge on any atom is -0.469 e. The van der Waals surface area contributed by atoms with Gasteiger partial charge in [-0.05, 0) is 29.7 Å². The normalized spacial score (nSPS) is 19.9. The summed E-state index contributed by atoms with van der Waals surface area (Å²) in [6.45, 7) is 1.77. The summed E-state index contributed by atoms with van der Waals surface area (Å²) in [5.74, 6) is 0.0585. The lowest BCUT2D eigenvalue weighted by molar-refractivity contribution is -0.0808. The summed E-state index contributed by atoms with van der Waals surface area (Å²) in [6, 6.07) is 27.0. The van der Waals surface area contributed by atoms with E-state index in [-0.39, 0.29) is 12.4 Å². The van der Waals surface area contributed by atoms with Crippen LogP contribution in [0.5, 0.6) is 5.75 Å². The molecule has 2 unspecified atom stereocenters. The number of carbonyl (C=O) groups excluding carboxylic acids is 2. The number of para-hydroxylation sites is 1. The van der Waals surface area contributed by atoms with Crippen molar-refractivity contribution >= 4 is 11.9 Å². The van der Waals surface area contributed by atoms with Crippen molar-refractivity contribution in [2.45, 2.75) is 19.3 Å². The number of hydrogen-bond acceptors (Lipinski definition) is 5. The standard InChI is InChI=1S/C27H26N2O4/c30-25-22-13-7-8-14-24(22)33-26-23(25)17-28(16-15-20-9-3-1-4-10-20)19-29(26)27(31)32-18-21-11-5-2-6-12-21/h1-14,23,26H,15-19H2. The SMILES string of the molecule is O=C1c2ccccc2OC2C1CN(CCc1ccccc1)CN2C(=O)OCc1ccccc1. The van der Waals surface area contributed by atoms with Gasteiger partial charge in [-0.15, -0.1) is 0 Å². The van der Waals surface area contributed by atoms with Gasteiger partial charge >= 0.3 is 6.09 Å². The Labute approximate surface area is 193 Å². The minimum atomic E-state index is -0.677. The van der Waals surface area contributed by atoms with Gasteiger partial charge in [0.2, 0.25) is 0 Å². The molecule has 6 nitrogen and oxygen atoms in total. The van der Waals surface area contributed by atoms with Crippen LogP contribution in [0.25, 0.3) is 0 Å². The molecule has 3 aromatic rings. The van der Waals surface area contributed by atoms with Gasteiger partial charge in [0, 0.05) is 13.1 Å². The van der Waals surface area contributed by atoms with Crippen molar-refractivity contribution < 1.29 is 19.1 Å². The lowest BCUT2D eigenvalue weighted by Gasteiger charge is -2.46. The molecule has 1 saturated heterocycles. The maximum absolute atomic E-state index is 13.3. The quantitative estimate of drug-likeness (QED) is 0.588. The molecular formula is C27H26N2O4. The van der Waals surface area contributed by atoms with Crippen molar-refractivity contribution in [1.82, 2.24) is 9.80 Å². The number of benzene rings is 3. The van der Waals surface area contributed by atoms with Gasteiger partial charge in [0.05, 0.1) is 18.2 Å². The average molecular weight is 443 g/mol. The van der Waals surface area contributed by atoms with Crippen LogP contribution in [0.4, 0.5) is 4.79 Å². The Bertz CT molecular complexity index is 1120. The Balaban J connectivity index is 1.36. The fourth-order valence-corrected chi connectivity index (χ4v) is 4.46. The second kappa shape index (κ2) is 9.46. The Morgan fingerprint density at radius 1 is 0.909 bits per heavy atom. The van der Waals surface area contributed by atoms with Gasteiger partial charge in [-0.3, -0.25) is 14.6 Å². The molecule has 3 aromatic carbocycles. The maximum Gasteiger partial charge on any atom is 0.414 e. The summed E-state index contributed by atoms with van der Waals surface area (Å²) in [6.07, 6.45) is -0.328. The summed E-state index contributed by atoms with van der Waals surface area (Å²) in [7, 11) is 0. The van der Waals surface area contributed by atoms with Crippen molar-refractivity contribution in [3.8, 4) is 5.75 Å². The summed E-state index contributed by atoms with van der Waals surface area (Å²) in [5.41, 5.74) is 2.70. The zero-order valence-electron chi connectivity index (χ0n) is 18.3. The van der Waals surface area contributed by atoms with E-state index >= 15 is 0 Å². The zero-order chi connectivity index (χ0) is 22.6. The highest BCUT2D eigenvalue weighted by Gasteiger charge is 2.47. The lowest BCUT2D eigenvalue weighted by Crippen LogP contribution is -2.63. The van der Waals surface area contributed by atoms with E-state index in [2.05, 4.69) is 17.0 Å². The Kier molecular flexibility index (Phi) is 6.09. The fourth-order valence-electron chi connectivity index (χ4n) is 4.46. The number of rotatable bonds is 5. The van der Waals surface area contributed by atoms with Crippen LogP contribution >= 0.6 is 0 Å². The molecule has 2 aliphatic heterocycles. The zero-order valence-corrected chi connectivity index (χ0v) is 18.3. The number of ether oxygens (including phenoxy) is 2. The lowest BCUT2D eigenvalue weighted by atomic mass is 9.90. The number of hydrogen-bond donors (Lipinski definition) is 0. The summed E-state index contributed by atoms with van der Waals surface area (Å²) in [4.78, 5) is 30.2. The van der Waals surface area contributed by atoms with Crippen LogP contribution in [-0.4, -0.2) is 47.7 Å². The Morgan fingerprint density at radius 3 is 2.33 bits per heavy atom. The van der Waals surface area contributed by atoms with Gasteiger partial charge in [-0.25, -0.2) is 4.79 Å². The van der Waals surface area contributed by atoms with Crippen molar-refractivity contribution in [3.05, 3.63) is 102 Å². The summed E-state index contributed by atoms with van der Waals surface area (Å²) in [5, 5.41) is 0. The minimum absolute atomic E-state index is 0.00659. The second-order valence-electron chi connectivity index (χ2n) is 8.44. The molecule has 33 heavy (non-hydrogen) atoms. The monoisotopic (exact) mass is 442 g/mol. The molecule has 0 bridgehead atoms. The second-order valence-corrected chi connectivity index (χ2v) is 8.44. The van der Waals surface area contributed by atoms with Crippen LogP contribution < -0.4 is 4.74 Å². The number of amides is 1. The molecule has 2 atom stereocenters. The van der Waals surface area contributed by atoms with Gasteiger partial charge in [0.1, 0.15) is 12.4 Å². The topological polar surface area (TPSA) is 59.1 Å². The number of fused-ring (bicyclic) bond motifs is 2. The van der Waals surface area contributed by atoms with Crippen LogP contribution in [0.2, 0.25) is 0 Å². The van der Waals surface area contributed by atoms with E-state index in [1.54, 1.807) is 17.0 Å². The molecule has 6 heteroatoms. The molecule has 0 saturated carbocycles. The first-order valence-corrected chi connectivity index (χ1v) is 11.2. The number of nitrogens with zero attached hydrogens (tertiary/aromatic N) is 2. The number of ketones is 1. The number of Topliss-reactive ketones (excluding diaryl/α,β-unsaturated/α-hetero) is 1. The molecule has 2 aliphatic rings. The first-order valence-electron chi connectivity index (χ1n) is 11.2. The molecular weight excluding hydrogens is 416 g/mol. The van der Waals surface area contributed by atoms with E-state index in [4.69, 9.17) is 9.47 Å². The smallest absolute Gasteiger partial charge is 0.414 e. The highest BCUT2D eigenvalue weighted by molar-refractivity contribution is 6.02. The third-order valence-electron chi connectivity index (χ3n) is 6.19. The van der Waals surface area contributed by atoms with Crippen LogP contribution in [0.15, 0.2) is 84.9 Å². The Morgan fingerprint density at radius 2 is 1.58 bits per heavy atom. The molecule has 1 fully saturated rings. The highest BCUT2D eigenvalue weighted by atomic mass is 16.6. The number of carbonyl (C=O) groups is 2. The first kappa shape index (κ1) is 21.2. The van der Waals surface area contributed by atoms with E-state index in [0.717, 1.165) is 18.5 Å². The van der Waals surface area contributed by atoms with Crippen molar-refractivity contribution in [2.75, 3.05) is 19.8 Å². The van der Waals surface area contributed by atoms with E-state index < -0.39 is 18.2 Å². The van der Waals surface area contributed by atoms with Gasteiger partial charge in [-0.1, -0.05) is 72.8 Å². The van der Waals surface area contributed by atoms with Gasteiger partial charge in [0.25, 0.3) is 0 Å². The molecule has 5 rings (SSSR count). The van der Waals surface area contributed by atoms with E-state index in [1.807, 2.05) is 60.7 Å². The predicted octanol–water partition coefficient (Wildman–Crippen LogP) is 4.36. The molecule has 0 aromatic heterocycles. The third-order valence-corrected chi connectivity index (χ3v) is 6.19. The average Bonchev–Trinajstić information content (AvgIpc) is 2.87. The molecule has 2 heterocycles. The van der Waals surface area contributed by atoms with Crippen LogP contribution in [0.3, 0.4) is 0 Å². The predicted molar refractivity (Wildman–Crippen MR) is 124 cm³/mol. The van der Waals surface area contributed by atoms with Crippen molar-refractivity contribution in [1.29, 1.82) is 0 Å².